The van der Waals surface area contributed by atoms with E-state index in [1.54, 1.807) is 7.11 Å². The molecule has 0 amide bonds. The highest BCUT2D eigenvalue weighted by atomic mass is 16.5. The van der Waals surface area contributed by atoms with Crippen molar-refractivity contribution in [1.82, 2.24) is 9.80 Å². The van der Waals surface area contributed by atoms with E-state index in [1.807, 2.05) is 6.07 Å². The maximum atomic E-state index is 5.70. The van der Waals surface area contributed by atoms with Crippen molar-refractivity contribution in [1.29, 1.82) is 0 Å². The molecule has 1 saturated heterocycles. The van der Waals surface area contributed by atoms with Crippen molar-refractivity contribution in [2.75, 3.05) is 53.5 Å². The highest BCUT2D eigenvalue weighted by Gasteiger charge is 2.13. The van der Waals surface area contributed by atoms with Crippen molar-refractivity contribution < 1.29 is 9.47 Å². The predicted molar refractivity (Wildman–Crippen MR) is 91.0 cm³/mol. The molecule has 1 aromatic rings. The first-order valence-corrected chi connectivity index (χ1v) is 8.43. The molecule has 0 radical (unpaired) electrons. The van der Waals surface area contributed by atoms with Crippen LogP contribution >= 0.6 is 0 Å². The van der Waals surface area contributed by atoms with Crippen molar-refractivity contribution in [3.05, 3.63) is 23.8 Å². The van der Waals surface area contributed by atoms with Crippen LogP contribution in [0.15, 0.2) is 18.2 Å². The van der Waals surface area contributed by atoms with Crippen LogP contribution in [0.2, 0.25) is 0 Å². The van der Waals surface area contributed by atoms with Gasteiger partial charge in [0.05, 0.1) is 13.7 Å². The van der Waals surface area contributed by atoms with Crippen molar-refractivity contribution in [3.8, 4) is 11.5 Å². The lowest BCUT2D eigenvalue weighted by Crippen LogP contribution is -2.44. The molecule has 22 heavy (non-hydrogen) atoms. The summed E-state index contributed by atoms with van der Waals surface area (Å²) >= 11 is 0. The van der Waals surface area contributed by atoms with Gasteiger partial charge in [-0.25, -0.2) is 0 Å². The molecule has 1 fully saturated rings. The molecule has 4 nitrogen and oxygen atoms in total. The molecule has 0 atom stereocenters. The van der Waals surface area contributed by atoms with Gasteiger partial charge in [-0.05, 0) is 50.6 Å². The summed E-state index contributed by atoms with van der Waals surface area (Å²) in [6.45, 7) is 8.81. The highest BCUT2D eigenvalue weighted by Crippen LogP contribution is 2.28. The van der Waals surface area contributed by atoms with Crippen molar-refractivity contribution in [3.63, 3.8) is 0 Å². The second kappa shape index (κ2) is 9.01. The van der Waals surface area contributed by atoms with Gasteiger partial charge in [-0.3, -0.25) is 0 Å². The molecule has 1 heterocycles. The van der Waals surface area contributed by atoms with E-state index in [2.05, 4.69) is 35.9 Å². The molecule has 1 aromatic carbocycles. The highest BCUT2D eigenvalue weighted by molar-refractivity contribution is 5.43. The van der Waals surface area contributed by atoms with Crippen LogP contribution in [0.3, 0.4) is 0 Å². The molecule has 124 valence electrons. The molecule has 0 bridgehead atoms. The summed E-state index contributed by atoms with van der Waals surface area (Å²) in [5, 5.41) is 0. The van der Waals surface area contributed by atoms with E-state index in [4.69, 9.17) is 9.47 Å². The topological polar surface area (TPSA) is 24.9 Å². The lowest BCUT2D eigenvalue weighted by Gasteiger charge is -2.32. The monoisotopic (exact) mass is 306 g/mol. The first-order chi connectivity index (χ1) is 10.7. The molecule has 1 aliphatic rings. The average Bonchev–Trinajstić information content (AvgIpc) is 2.55. The summed E-state index contributed by atoms with van der Waals surface area (Å²) in [6.07, 6.45) is 3.30. The Bertz CT molecular complexity index is 443. The van der Waals surface area contributed by atoms with Crippen molar-refractivity contribution in [2.24, 2.45) is 0 Å². The zero-order chi connectivity index (χ0) is 15.8. The zero-order valence-corrected chi connectivity index (χ0v) is 14.3. The van der Waals surface area contributed by atoms with E-state index in [0.29, 0.717) is 0 Å². The molecule has 2 rings (SSSR count). The van der Waals surface area contributed by atoms with Gasteiger partial charge < -0.3 is 19.3 Å². The van der Waals surface area contributed by atoms with Crippen molar-refractivity contribution in [2.45, 2.75) is 26.2 Å². The van der Waals surface area contributed by atoms with E-state index < -0.39 is 0 Å². The number of nitrogens with zero attached hydrogens (tertiary/aromatic N) is 2. The van der Waals surface area contributed by atoms with Crippen LogP contribution in [0.25, 0.3) is 0 Å². The van der Waals surface area contributed by atoms with Crippen molar-refractivity contribution >= 4 is 0 Å². The lowest BCUT2D eigenvalue weighted by atomic mass is 10.1. The molecular formula is C18H30N2O2. The van der Waals surface area contributed by atoms with Crippen LogP contribution < -0.4 is 9.47 Å². The smallest absolute Gasteiger partial charge is 0.161 e. The summed E-state index contributed by atoms with van der Waals surface area (Å²) in [7, 11) is 3.91. The quantitative estimate of drug-likeness (QED) is 0.737. The van der Waals surface area contributed by atoms with Gasteiger partial charge >= 0.3 is 0 Å². The number of hydrogen-bond donors (Lipinski definition) is 0. The van der Waals surface area contributed by atoms with Gasteiger partial charge in [0.2, 0.25) is 0 Å². The van der Waals surface area contributed by atoms with E-state index in [-0.39, 0.29) is 0 Å². The second-order valence-corrected chi connectivity index (χ2v) is 6.08. The minimum atomic E-state index is 0.735. The van der Waals surface area contributed by atoms with E-state index in [1.165, 1.54) is 44.7 Å². The summed E-state index contributed by atoms with van der Waals surface area (Å²) < 4.78 is 11.2. The number of hydrogen-bond acceptors (Lipinski definition) is 4. The normalized spacial score (nSPS) is 16.7. The van der Waals surface area contributed by atoms with Crippen LogP contribution in [0.5, 0.6) is 11.5 Å². The number of benzene rings is 1. The Hall–Kier alpha value is -1.26. The fourth-order valence-electron chi connectivity index (χ4n) is 2.78. The molecule has 1 aliphatic heterocycles. The average molecular weight is 306 g/mol. The van der Waals surface area contributed by atoms with E-state index in [9.17, 15) is 0 Å². The molecule has 0 N–H and O–H groups in total. The van der Waals surface area contributed by atoms with E-state index >= 15 is 0 Å². The number of methoxy groups -OCH3 is 1. The number of piperazine rings is 1. The third kappa shape index (κ3) is 5.18. The standard InChI is InChI=1S/C18H30N2O2/c1-4-14-22-17-8-7-16(15-18(17)21-3)6-5-9-20-12-10-19(2)11-13-20/h7-8,15H,4-6,9-14H2,1-3H3. The Morgan fingerprint density at radius 3 is 2.55 bits per heavy atom. The van der Waals surface area contributed by atoms with E-state index in [0.717, 1.165) is 30.9 Å². The van der Waals surface area contributed by atoms with Crippen LogP contribution in [0.4, 0.5) is 0 Å². The molecule has 4 heteroatoms. The van der Waals surface area contributed by atoms with Crippen LogP contribution in [-0.2, 0) is 6.42 Å². The zero-order valence-electron chi connectivity index (χ0n) is 14.3. The predicted octanol–water partition coefficient (Wildman–Crippen LogP) is 2.66. The number of rotatable bonds is 8. The lowest BCUT2D eigenvalue weighted by molar-refractivity contribution is 0.153. The molecule has 0 spiro atoms. The van der Waals surface area contributed by atoms with Gasteiger partial charge in [-0.15, -0.1) is 0 Å². The van der Waals surface area contributed by atoms with Crippen LogP contribution in [0.1, 0.15) is 25.3 Å². The van der Waals surface area contributed by atoms with Crippen LogP contribution in [0, 0.1) is 0 Å². The molecular weight excluding hydrogens is 276 g/mol. The van der Waals surface area contributed by atoms with Gasteiger partial charge in [0, 0.05) is 26.2 Å². The Morgan fingerprint density at radius 2 is 1.86 bits per heavy atom. The third-order valence-electron chi connectivity index (χ3n) is 4.23. The fourth-order valence-corrected chi connectivity index (χ4v) is 2.78. The van der Waals surface area contributed by atoms with Gasteiger partial charge in [0.25, 0.3) is 0 Å². The second-order valence-electron chi connectivity index (χ2n) is 6.08. The summed E-state index contributed by atoms with van der Waals surface area (Å²) in [5.74, 6) is 1.71. The molecule has 0 saturated carbocycles. The number of ether oxygens (including phenoxy) is 2. The van der Waals surface area contributed by atoms with Gasteiger partial charge in [0.15, 0.2) is 11.5 Å². The van der Waals surface area contributed by atoms with Gasteiger partial charge in [-0.2, -0.15) is 0 Å². The first kappa shape index (κ1) is 17.1. The number of aryl methyl sites for hydroxylation is 1. The molecule has 0 unspecified atom stereocenters. The Kier molecular flexibility index (Phi) is 7.00. The SMILES string of the molecule is CCCOc1ccc(CCCN2CCN(C)CC2)cc1OC. The third-order valence-corrected chi connectivity index (χ3v) is 4.23. The summed E-state index contributed by atoms with van der Waals surface area (Å²) in [4.78, 5) is 4.96. The maximum Gasteiger partial charge on any atom is 0.161 e. The summed E-state index contributed by atoms with van der Waals surface area (Å²) in [6, 6.07) is 6.33. The maximum absolute atomic E-state index is 5.70. The Morgan fingerprint density at radius 1 is 1.09 bits per heavy atom. The largest absolute Gasteiger partial charge is 0.493 e. The Labute approximate surface area is 135 Å². The number of likely N-dealkylation sites (N-methyl/N-ethyl adjacent to an activating group) is 1. The van der Waals surface area contributed by atoms with Gasteiger partial charge in [-0.1, -0.05) is 13.0 Å². The van der Waals surface area contributed by atoms with Gasteiger partial charge in [0.1, 0.15) is 0 Å². The first-order valence-electron chi connectivity index (χ1n) is 8.43. The van der Waals surface area contributed by atoms with Crippen LogP contribution in [-0.4, -0.2) is 63.3 Å². The Balaban J connectivity index is 1.80. The minimum absolute atomic E-state index is 0.735. The molecule has 0 aliphatic carbocycles. The molecule has 0 aromatic heterocycles. The summed E-state index contributed by atoms with van der Waals surface area (Å²) in [5.41, 5.74) is 1.33. The minimum Gasteiger partial charge on any atom is -0.493 e. The fraction of sp³-hybridized carbons (Fsp3) is 0.667.